The number of esters is 1. The van der Waals surface area contributed by atoms with Gasteiger partial charge in [0.1, 0.15) is 5.70 Å². The predicted octanol–water partition coefficient (Wildman–Crippen LogP) is 0.251. The van der Waals surface area contributed by atoms with Crippen molar-refractivity contribution >= 4 is 29.1 Å². The Bertz CT molecular complexity index is 955. The number of aliphatic carboxylic acids is 1. The molecule has 0 aliphatic carbocycles. The Kier molecular flexibility index (Phi) is 5.81. The Morgan fingerprint density at radius 1 is 1.40 bits per heavy atom. The van der Waals surface area contributed by atoms with Gasteiger partial charge in [-0.25, -0.2) is 15.4 Å². The number of anilines is 1. The maximum absolute atomic E-state index is 12.4. The van der Waals surface area contributed by atoms with Crippen LogP contribution in [0.25, 0.3) is 5.57 Å². The highest BCUT2D eigenvalue weighted by Gasteiger charge is 2.56. The summed E-state index contributed by atoms with van der Waals surface area (Å²) >= 11 is 0. The lowest BCUT2D eigenvalue weighted by atomic mass is 9.82. The standard InChI is InChI=1S/C20H24N4O6/c1-10(25)16-15-9-14(17(19(27)28)24(15)18(16)26)11-6-12(20(29)30-3)8-13(7-11)23(21)5-4-22-2/h4-8,10,15-16,22,25H,9,21H2,1-3H3,(H,27,28)/b5-4-. The Balaban J connectivity index is 2.11. The van der Waals surface area contributed by atoms with Crippen molar-refractivity contribution in [3.05, 3.63) is 47.4 Å². The van der Waals surface area contributed by atoms with Crippen molar-refractivity contribution < 1.29 is 29.3 Å². The van der Waals surface area contributed by atoms with Crippen LogP contribution in [0, 0.1) is 5.92 Å². The van der Waals surface area contributed by atoms with E-state index in [2.05, 4.69) is 5.32 Å². The number of nitrogens with zero attached hydrogens (tertiary/aromatic N) is 2. The van der Waals surface area contributed by atoms with Gasteiger partial charge in [-0.3, -0.25) is 9.80 Å². The van der Waals surface area contributed by atoms with Crippen LogP contribution in [-0.4, -0.2) is 59.3 Å². The highest BCUT2D eigenvalue weighted by Crippen LogP contribution is 2.47. The van der Waals surface area contributed by atoms with Gasteiger partial charge in [-0.05, 0) is 42.7 Å². The SMILES string of the molecule is CN/C=C\N(N)c1cc(C(=O)OC)cc(C2=C(C(=O)O)N3C(=O)C(C(C)O)C3C2)c1. The van der Waals surface area contributed by atoms with Crippen LogP contribution >= 0.6 is 0 Å². The second-order valence-electron chi connectivity index (χ2n) is 7.15. The molecule has 3 rings (SSSR count). The average Bonchev–Trinajstić information content (AvgIpc) is 3.05. The monoisotopic (exact) mass is 416 g/mol. The summed E-state index contributed by atoms with van der Waals surface area (Å²) in [6.45, 7) is 1.51. The minimum Gasteiger partial charge on any atom is -0.477 e. The number of nitrogens with one attached hydrogen (secondary N) is 1. The molecule has 3 unspecified atom stereocenters. The van der Waals surface area contributed by atoms with Gasteiger partial charge >= 0.3 is 11.9 Å². The second kappa shape index (κ2) is 8.17. The fourth-order valence-corrected chi connectivity index (χ4v) is 3.94. The number of aliphatic hydroxyl groups is 1. The molecule has 160 valence electrons. The van der Waals surface area contributed by atoms with Crippen molar-refractivity contribution in [3.63, 3.8) is 0 Å². The van der Waals surface area contributed by atoms with E-state index in [1.165, 1.54) is 42.3 Å². The van der Waals surface area contributed by atoms with Gasteiger partial charge < -0.3 is 25.2 Å². The van der Waals surface area contributed by atoms with Gasteiger partial charge in [0.05, 0.1) is 36.4 Å². The Hall–Kier alpha value is -3.37. The number of carbonyl (C=O) groups is 3. The van der Waals surface area contributed by atoms with Crippen LogP contribution in [0.5, 0.6) is 0 Å². The van der Waals surface area contributed by atoms with Gasteiger partial charge in [-0.2, -0.15) is 0 Å². The fourth-order valence-electron chi connectivity index (χ4n) is 3.94. The van der Waals surface area contributed by atoms with E-state index in [9.17, 15) is 24.6 Å². The molecule has 1 saturated heterocycles. The summed E-state index contributed by atoms with van der Waals surface area (Å²) in [5.74, 6) is 3.07. The van der Waals surface area contributed by atoms with E-state index in [1.54, 1.807) is 19.3 Å². The van der Waals surface area contributed by atoms with Crippen LogP contribution in [0.3, 0.4) is 0 Å². The number of methoxy groups -OCH3 is 1. The molecule has 1 aromatic rings. The molecule has 3 atom stereocenters. The lowest BCUT2D eigenvalue weighted by Gasteiger charge is -2.44. The van der Waals surface area contributed by atoms with Gasteiger partial charge in [0, 0.05) is 19.4 Å². The summed E-state index contributed by atoms with van der Waals surface area (Å²) < 4.78 is 4.81. The number of ether oxygens (including phenoxy) is 1. The van der Waals surface area contributed by atoms with E-state index in [4.69, 9.17) is 10.6 Å². The van der Waals surface area contributed by atoms with Crippen LogP contribution in [0.4, 0.5) is 5.69 Å². The number of rotatable bonds is 7. The molecule has 1 fully saturated rings. The molecular formula is C20H24N4O6. The Labute approximate surface area is 173 Å². The molecule has 30 heavy (non-hydrogen) atoms. The molecule has 2 aliphatic heterocycles. The minimum absolute atomic E-state index is 0.149. The third-order valence-electron chi connectivity index (χ3n) is 5.32. The van der Waals surface area contributed by atoms with Crippen LogP contribution in [0.2, 0.25) is 0 Å². The van der Waals surface area contributed by atoms with Crippen molar-refractivity contribution in [1.82, 2.24) is 10.2 Å². The maximum atomic E-state index is 12.4. The van der Waals surface area contributed by atoms with Crippen LogP contribution in [0.15, 0.2) is 36.3 Å². The first-order chi connectivity index (χ1) is 14.2. The first kappa shape index (κ1) is 21.3. The van der Waals surface area contributed by atoms with Crippen molar-refractivity contribution in [2.24, 2.45) is 11.8 Å². The summed E-state index contributed by atoms with van der Waals surface area (Å²) in [6.07, 6.45) is 2.46. The van der Waals surface area contributed by atoms with Gasteiger partial charge in [-0.15, -0.1) is 0 Å². The van der Waals surface area contributed by atoms with E-state index in [1.807, 2.05) is 0 Å². The number of hydrogen-bond acceptors (Lipinski definition) is 8. The van der Waals surface area contributed by atoms with E-state index >= 15 is 0 Å². The van der Waals surface area contributed by atoms with Crippen molar-refractivity contribution in [1.29, 1.82) is 0 Å². The first-order valence-electron chi connectivity index (χ1n) is 9.30. The number of aliphatic hydroxyl groups excluding tert-OH is 1. The first-order valence-corrected chi connectivity index (χ1v) is 9.30. The number of benzene rings is 1. The summed E-state index contributed by atoms with van der Waals surface area (Å²) in [5.41, 5.74) is 1.28. The number of hydrazine groups is 1. The van der Waals surface area contributed by atoms with E-state index in [0.717, 1.165) is 0 Å². The number of amides is 1. The molecule has 1 amide bonds. The van der Waals surface area contributed by atoms with Gasteiger partial charge in [0.15, 0.2) is 0 Å². The molecule has 0 aromatic heterocycles. The molecule has 10 nitrogen and oxygen atoms in total. The zero-order valence-electron chi connectivity index (χ0n) is 16.8. The van der Waals surface area contributed by atoms with Crippen LogP contribution in [-0.2, 0) is 14.3 Å². The summed E-state index contributed by atoms with van der Waals surface area (Å²) in [4.78, 5) is 37.8. The van der Waals surface area contributed by atoms with Crippen molar-refractivity contribution in [2.45, 2.75) is 25.5 Å². The third-order valence-corrected chi connectivity index (χ3v) is 5.32. The van der Waals surface area contributed by atoms with Crippen molar-refractivity contribution in [2.75, 3.05) is 19.2 Å². The van der Waals surface area contributed by atoms with Gasteiger partial charge in [0.2, 0.25) is 5.91 Å². The van der Waals surface area contributed by atoms with E-state index < -0.39 is 35.9 Å². The number of nitrogens with two attached hydrogens (primary N) is 1. The molecule has 5 N–H and O–H groups in total. The van der Waals surface area contributed by atoms with E-state index in [-0.39, 0.29) is 17.7 Å². The summed E-state index contributed by atoms with van der Waals surface area (Å²) in [6, 6.07) is 4.22. The zero-order valence-corrected chi connectivity index (χ0v) is 16.8. The number of β-lactam (4-membered cyclic amide) rings is 1. The normalized spacial score (nSPS) is 21.4. The predicted molar refractivity (Wildman–Crippen MR) is 108 cm³/mol. The van der Waals surface area contributed by atoms with Crippen molar-refractivity contribution in [3.8, 4) is 0 Å². The minimum atomic E-state index is -1.26. The number of carboxylic acids is 1. The Morgan fingerprint density at radius 2 is 2.10 bits per heavy atom. The molecule has 10 heteroatoms. The molecule has 0 bridgehead atoms. The highest BCUT2D eigenvalue weighted by molar-refractivity contribution is 6.06. The zero-order chi connectivity index (χ0) is 22.2. The molecular weight excluding hydrogens is 392 g/mol. The van der Waals surface area contributed by atoms with Gasteiger partial charge in [0.25, 0.3) is 0 Å². The molecule has 0 saturated carbocycles. The average molecular weight is 416 g/mol. The quantitative estimate of drug-likeness (QED) is 0.213. The molecule has 2 aliphatic rings. The lowest BCUT2D eigenvalue weighted by molar-refractivity contribution is -0.161. The van der Waals surface area contributed by atoms with Crippen LogP contribution in [0.1, 0.15) is 29.3 Å². The number of carboxylic acid groups (broad SMARTS) is 1. The lowest BCUT2D eigenvalue weighted by Crippen LogP contribution is -2.61. The van der Waals surface area contributed by atoms with Crippen LogP contribution < -0.4 is 16.2 Å². The number of fused-ring (bicyclic) bond motifs is 1. The smallest absolute Gasteiger partial charge is 0.352 e. The largest absolute Gasteiger partial charge is 0.477 e. The third kappa shape index (κ3) is 3.51. The molecule has 0 spiro atoms. The fraction of sp³-hybridized carbons (Fsp3) is 0.350. The highest BCUT2D eigenvalue weighted by atomic mass is 16.5. The molecule has 1 aromatic carbocycles. The summed E-state index contributed by atoms with van der Waals surface area (Å²) in [5, 5.41) is 23.7. The topological polar surface area (TPSA) is 145 Å². The number of hydrogen-bond donors (Lipinski definition) is 4. The molecule has 0 radical (unpaired) electrons. The number of carbonyl (C=O) groups excluding carboxylic acids is 2. The molecule has 2 heterocycles. The summed E-state index contributed by atoms with van der Waals surface area (Å²) in [7, 11) is 2.94. The van der Waals surface area contributed by atoms with Gasteiger partial charge in [-0.1, -0.05) is 0 Å². The Morgan fingerprint density at radius 3 is 2.67 bits per heavy atom. The second-order valence-corrected chi connectivity index (χ2v) is 7.15. The maximum Gasteiger partial charge on any atom is 0.352 e. The van der Waals surface area contributed by atoms with E-state index in [0.29, 0.717) is 16.8 Å².